The number of hydrogen-bond donors (Lipinski definition) is 2. The van der Waals surface area contributed by atoms with Gasteiger partial charge in [0.25, 0.3) is 0 Å². The molecule has 0 aliphatic heterocycles. The number of nitrogens with one attached hydrogen (secondary N) is 2. The van der Waals surface area contributed by atoms with Crippen molar-refractivity contribution < 1.29 is 4.79 Å². The molecule has 1 aromatic rings. The molecule has 4 nitrogen and oxygen atoms in total. The smallest absolute Gasteiger partial charge is 0.318 e. The van der Waals surface area contributed by atoms with E-state index >= 15 is 0 Å². The van der Waals surface area contributed by atoms with E-state index in [1.807, 2.05) is 57.2 Å². The second-order valence-corrected chi connectivity index (χ2v) is 4.30. The summed E-state index contributed by atoms with van der Waals surface area (Å²) in [5.41, 5.74) is 2.52. The second-order valence-electron chi connectivity index (χ2n) is 4.30. The minimum atomic E-state index is -0.178. The van der Waals surface area contributed by atoms with Crippen LogP contribution < -0.4 is 10.6 Å². The second kappa shape index (κ2) is 8.08. The number of allylic oxidation sites excluding steroid dienone is 2. The van der Waals surface area contributed by atoms with Gasteiger partial charge in [0, 0.05) is 18.0 Å². The molecule has 1 aromatic carbocycles. The minimum absolute atomic E-state index is 0.178. The zero-order valence-corrected chi connectivity index (χ0v) is 11.7. The van der Waals surface area contributed by atoms with Crippen molar-refractivity contribution in [3.05, 3.63) is 42.1 Å². The number of nitrogens with zero attached hydrogens (tertiary/aromatic N) is 1. The SMILES string of the molecule is CCCNC(=O)N/C(C)=C/C(C)=Nc1ccccc1. The average molecular weight is 259 g/mol. The van der Waals surface area contributed by atoms with Crippen LogP contribution in [0.4, 0.5) is 10.5 Å². The lowest BCUT2D eigenvalue weighted by Gasteiger charge is -2.06. The lowest BCUT2D eigenvalue weighted by Crippen LogP contribution is -2.34. The molecular weight excluding hydrogens is 238 g/mol. The fourth-order valence-electron chi connectivity index (χ4n) is 1.55. The summed E-state index contributed by atoms with van der Waals surface area (Å²) in [6.45, 7) is 6.44. The Kier molecular flexibility index (Phi) is 6.36. The molecule has 0 heterocycles. The molecule has 0 fully saturated rings. The highest BCUT2D eigenvalue weighted by Crippen LogP contribution is 2.10. The molecule has 0 atom stereocenters. The molecule has 0 aliphatic rings. The summed E-state index contributed by atoms with van der Waals surface area (Å²) in [5.74, 6) is 0. The number of carbonyl (C=O) groups is 1. The maximum Gasteiger partial charge on any atom is 0.318 e. The maximum atomic E-state index is 11.4. The van der Waals surface area contributed by atoms with Gasteiger partial charge in [-0.1, -0.05) is 25.1 Å². The summed E-state index contributed by atoms with van der Waals surface area (Å²) in [4.78, 5) is 15.9. The van der Waals surface area contributed by atoms with E-state index in [2.05, 4.69) is 15.6 Å². The first-order valence-electron chi connectivity index (χ1n) is 6.45. The summed E-state index contributed by atoms with van der Waals surface area (Å²) in [6, 6.07) is 9.54. The Hall–Kier alpha value is -2.10. The van der Waals surface area contributed by atoms with E-state index < -0.39 is 0 Å². The Morgan fingerprint density at radius 2 is 1.95 bits per heavy atom. The van der Waals surface area contributed by atoms with Crippen LogP contribution in [-0.4, -0.2) is 18.3 Å². The summed E-state index contributed by atoms with van der Waals surface area (Å²) >= 11 is 0. The van der Waals surface area contributed by atoms with Crippen molar-refractivity contribution in [2.45, 2.75) is 27.2 Å². The van der Waals surface area contributed by atoms with Crippen LogP contribution in [0.2, 0.25) is 0 Å². The molecule has 102 valence electrons. The molecule has 1 rings (SSSR count). The van der Waals surface area contributed by atoms with Crippen molar-refractivity contribution >= 4 is 17.4 Å². The summed E-state index contributed by atoms with van der Waals surface area (Å²) in [6.07, 6.45) is 2.77. The number of hydrogen-bond acceptors (Lipinski definition) is 2. The van der Waals surface area contributed by atoms with Gasteiger partial charge in [0.2, 0.25) is 0 Å². The monoisotopic (exact) mass is 259 g/mol. The van der Waals surface area contributed by atoms with Crippen molar-refractivity contribution in [1.82, 2.24) is 10.6 Å². The molecule has 0 saturated heterocycles. The molecule has 0 unspecified atom stereocenters. The quantitative estimate of drug-likeness (QED) is 0.782. The predicted molar refractivity (Wildman–Crippen MR) is 79.8 cm³/mol. The Labute approximate surface area is 114 Å². The lowest BCUT2D eigenvalue weighted by atomic mass is 10.3. The van der Waals surface area contributed by atoms with Crippen molar-refractivity contribution in [3.63, 3.8) is 0 Å². The standard InChI is InChI=1S/C15H21N3O/c1-4-10-16-15(19)18-13(3)11-12(2)17-14-8-6-5-7-9-14/h5-9,11H,4,10H2,1-3H3,(H2,16,18,19)/b13-11+,17-12?. The molecule has 2 N–H and O–H groups in total. The largest absolute Gasteiger partial charge is 0.338 e. The number of benzene rings is 1. The van der Waals surface area contributed by atoms with Gasteiger partial charge in [-0.25, -0.2) is 4.79 Å². The van der Waals surface area contributed by atoms with Gasteiger partial charge in [0.05, 0.1) is 5.69 Å². The van der Waals surface area contributed by atoms with E-state index in [0.29, 0.717) is 6.54 Å². The Morgan fingerprint density at radius 3 is 2.58 bits per heavy atom. The highest BCUT2D eigenvalue weighted by molar-refractivity contribution is 5.95. The van der Waals surface area contributed by atoms with Gasteiger partial charge < -0.3 is 10.6 Å². The van der Waals surface area contributed by atoms with Crippen LogP contribution in [0.15, 0.2) is 47.1 Å². The van der Waals surface area contributed by atoms with Crippen molar-refractivity contribution in [3.8, 4) is 0 Å². The number of rotatable bonds is 5. The van der Waals surface area contributed by atoms with E-state index in [1.165, 1.54) is 0 Å². The molecule has 0 bridgehead atoms. The molecule has 0 saturated carbocycles. The lowest BCUT2D eigenvalue weighted by molar-refractivity contribution is 0.243. The van der Waals surface area contributed by atoms with Crippen molar-refractivity contribution in [2.75, 3.05) is 6.54 Å². The zero-order valence-electron chi connectivity index (χ0n) is 11.7. The van der Waals surface area contributed by atoms with Crippen LogP contribution in [0.3, 0.4) is 0 Å². The highest BCUT2D eigenvalue weighted by atomic mass is 16.2. The fourth-order valence-corrected chi connectivity index (χ4v) is 1.55. The van der Waals surface area contributed by atoms with Crippen LogP contribution in [0.1, 0.15) is 27.2 Å². The van der Waals surface area contributed by atoms with E-state index in [9.17, 15) is 4.79 Å². The summed E-state index contributed by atoms with van der Waals surface area (Å²) in [5, 5.41) is 5.52. The van der Waals surface area contributed by atoms with Gasteiger partial charge >= 0.3 is 6.03 Å². The normalized spacial score (nSPS) is 12.2. The average Bonchev–Trinajstić information content (AvgIpc) is 2.37. The molecular formula is C15H21N3O. The van der Waals surface area contributed by atoms with Gasteiger partial charge in [-0.05, 0) is 38.5 Å². The molecule has 0 spiro atoms. The number of carbonyl (C=O) groups excluding carboxylic acids is 1. The summed E-state index contributed by atoms with van der Waals surface area (Å²) in [7, 11) is 0. The van der Waals surface area contributed by atoms with Gasteiger partial charge in [-0.2, -0.15) is 0 Å². The predicted octanol–water partition coefficient (Wildman–Crippen LogP) is 3.39. The van der Waals surface area contributed by atoms with Crippen molar-refractivity contribution in [2.24, 2.45) is 4.99 Å². The van der Waals surface area contributed by atoms with Crippen LogP contribution in [-0.2, 0) is 0 Å². The molecule has 0 aliphatic carbocycles. The van der Waals surface area contributed by atoms with Gasteiger partial charge in [-0.15, -0.1) is 0 Å². The van der Waals surface area contributed by atoms with Gasteiger partial charge in [0.1, 0.15) is 0 Å². The Balaban J connectivity index is 2.58. The number of amides is 2. The van der Waals surface area contributed by atoms with E-state index in [0.717, 1.165) is 23.5 Å². The van der Waals surface area contributed by atoms with Crippen LogP contribution in [0, 0.1) is 0 Å². The molecule has 2 amide bonds. The summed E-state index contributed by atoms with van der Waals surface area (Å²) < 4.78 is 0. The van der Waals surface area contributed by atoms with Crippen LogP contribution >= 0.6 is 0 Å². The fraction of sp³-hybridized carbons (Fsp3) is 0.333. The minimum Gasteiger partial charge on any atom is -0.338 e. The Bertz CT molecular complexity index is 464. The van der Waals surface area contributed by atoms with Crippen LogP contribution in [0.5, 0.6) is 0 Å². The molecule has 0 aromatic heterocycles. The third kappa shape index (κ3) is 6.41. The third-order valence-corrected chi connectivity index (χ3v) is 2.33. The maximum absolute atomic E-state index is 11.4. The third-order valence-electron chi connectivity index (χ3n) is 2.33. The zero-order chi connectivity index (χ0) is 14.1. The number of para-hydroxylation sites is 1. The molecule has 19 heavy (non-hydrogen) atoms. The Morgan fingerprint density at radius 1 is 1.26 bits per heavy atom. The van der Waals surface area contributed by atoms with Crippen molar-refractivity contribution in [1.29, 1.82) is 0 Å². The number of aliphatic imine (C=N–C) groups is 1. The van der Waals surface area contributed by atoms with Gasteiger partial charge in [-0.3, -0.25) is 4.99 Å². The van der Waals surface area contributed by atoms with Gasteiger partial charge in [0.15, 0.2) is 0 Å². The number of urea groups is 1. The van der Waals surface area contributed by atoms with E-state index in [4.69, 9.17) is 0 Å². The first-order chi connectivity index (χ1) is 9.11. The molecule has 4 heteroatoms. The molecule has 0 radical (unpaired) electrons. The first kappa shape index (κ1) is 15.0. The van der Waals surface area contributed by atoms with E-state index in [-0.39, 0.29) is 6.03 Å². The van der Waals surface area contributed by atoms with Crippen LogP contribution in [0.25, 0.3) is 0 Å². The first-order valence-corrected chi connectivity index (χ1v) is 6.45. The van der Waals surface area contributed by atoms with E-state index in [1.54, 1.807) is 0 Å². The highest BCUT2D eigenvalue weighted by Gasteiger charge is 1.99. The topological polar surface area (TPSA) is 53.5 Å².